The fourth-order valence-corrected chi connectivity index (χ4v) is 7.03. The molecule has 0 radical (unpaired) electrons. The van der Waals surface area contributed by atoms with E-state index in [1.165, 1.54) is 6.07 Å². The first kappa shape index (κ1) is 31.7. The van der Waals surface area contributed by atoms with Crippen LogP contribution < -0.4 is 10.6 Å². The molecule has 0 saturated carbocycles. The van der Waals surface area contributed by atoms with Gasteiger partial charge in [0.25, 0.3) is 0 Å². The predicted octanol–water partition coefficient (Wildman–Crippen LogP) is 4.96. The van der Waals surface area contributed by atoms with Crippen LogP contribution in [0.2, 0.25) is 10.0 Å². The molecule has 2 fully saturated rings. The average Bonchev–Trinajstić information content (AvgIpc) is 3.20. The first-order valence-corrected chi connectivity index (χ1v) is 15.1. The smallest absolute Gasteiger partial charge is 0.238 e. The van der Waals surface area contributed by atoms with E-state index in [1.54, 1.807) is 31.3 Å². The van der Waals surface area contributed by atoms with Crippen LogP contribution in [0, 0.1) is 11.7 Å². The predicted molar refractivity (Wildman–Crippen MR) is 163 cm³/mol. The Hall–Kier alpha value is -2.23. The third-order valence-corrected chi connectivity index (χ3v) is 9.09. The van der Waals surface area contributed by atoms with Crippen molar-refractivity contribution in [3.63, 3.8) is 0 Å². The van der Waals surface area contributed by atoms with Gasteiger partial charge in [-0.1, -0.05) is 55.2 Å². The fraction of sp³-hybridized carbons (Fsp3) is 0.548. The van der Waals surface area contributed by atoms with Crippen molar-refractivity contribution in [1.82, 2.24) is 15.1 Å². The lowest BCUT2D eigenvalue weighted by atomic mass is 9.63. The first-order chi connectivity index (χ1) is 19.6. The molecule has 10 heteroatoms. The van der Waals surface area contributed by atoms with Gasteiger partial charge >= 0.3 is 0 Å². The number of ether oxygens (including phenoxy) is 1. The van der Waals surface area contributed by atoms with Gasteiger partial charge in [-0.2, -0.15) is 0 Å². The quantitative estimate of drug-likeness (QED) is 0.278. The fourth-order valence-electron chi connectivity index (χ4n) is 6.67. The number of rotatable bonds is 11. The van der Waals surface area contributed by atoms with Crippen LogP contribution in [0.4, 0.5) is 10.1 Å². The van der Waals surface area contributed by atoms with Gasteiger partial charge in [0.2, 0.25) is 5.91 Å². The van der Waals surface area contributed by atoms with Crippen LogP contribution in [0.5, 0.6) is 0 Å². The highest BCUT2D eigenvalue weighted by atomic mass is 35.5. The van der Waals surface area contributed by atoms with Gasteiger partial charge < -0.3 is 20.2 Å². The third-order valence-electron chi connectivity index (χ3n) is 8.56. The molecule has 4 rings (SSSR count). The second-order valence-electron chi connectivity index (χ2n) is 11.5. The van der Waals surface area contributed by atoms with Gasteiger partial charge in [0, 0.05) is 49.4 Å². The Morgan fingerprint density at radius 2 is 1.95 bits per heavy atom. The number of halogens is 3. The SMILES string of the molecule is CNc1cc(Cl)ccc1[C@@]1(C=O)[C@@H](c2cccc(Cl)c2F)[C@@H](C(=O)NCCCN2CCOCC2)N(C)[C@@H]1CC(C)C. The number of amides is 1. The van der Waals surface area contributed by atoms with Gasteiger partial charge in [-0.05, 0) is 61.7 Å². The van der Waals surface area contributed by atoms with E-state index in [0.29, 0.717) is 29.2 Å². The largest absolute Gasteiger partial charge is 0.388 e. The number of likely N-dealkylation sites (N-methyl/N-ethyl adjacent to an activating group) is 1. The van der Waals surface area contributed by atoms with Gasteiger partial charge in [-0.15, -0.1) is 0 Å². The van der Waals surface area contributed by atoms with Gasteiger partial charge in [0.15, 0.2) is 0 Å². The molecule has 2 aromatic rings. The van der Waals surface area contributed by atoms with E-state index in [2.05, 4.69) is 29.4 Å². The number of carbonyl (C=O) groups is 2. The van der Waals surface area contributed by atoms with Crippen LogP contribution >= 0.6 is 23.2 Å². The molecule has 0 aliphatic carbocycles. The second-order valence-corrected chi connectivity index (χ2v) is 12.3. The summed E-state index contributed by atoms with van der Waals surface area (Å²) in [6.07, 6.45) is 2.30. The second kappa shape index (κ2) is 13.8. The highest BCUT2D eigenvalue weighted by Crippen LogP contribution is 2.55. The molecule has 2 heterocycles. The Balaban J connectivity index is 1.80. The van der Waals surface area contributed by atoms with Crippen LogP contribution in [-0.4, -0.2) is 87.6 Å². The van der Waals surface area contributed by atoms with E-state index in [1.807, 2.05) is 18.0 Å². The van der Waals surface area contributed by atoms with Crippen molar-refractivity contribution in [3.05, 3.63) is 63.4 Å². The van der Waals surface area contributed by atoms with E-state index in [-0.39, 0.29) is 22.4 Å². The maximum absolute atomic E-state index is 15.9. The summed E-state index contributed by atoms with van der Waals surface area (Å²) in [5.74, 6) is -1.50. The van der Waals surface area contributed by atoms with E-state index < -0.39 is 29.2 Å². The minimum absolute atomic E-state index is 0.0492. The summed E-state index contributed by atoms with van der Waals surface area (Å²) in [5.41, 5.74) is 0.298. The number of nitrogens with zero attached hydrogens (tertiary/aromatic N) is 2. The molecule has 2 aromatic carbocycles. The van der Waals surface area contributed by atoms with E-state index in [0.717, 1.165) is 45.6 Å². The van der Waals surface area contributed by atoms with Crippen LogP contribution in [0.3, 0.4) is 0 Å². The summed E-state index contributed by atoms with van der Waals surface area (Å²) in [5, 5.41) is 6.74. The summed E-state index contributed by atoms with van der Waals surface area (Å²) in [6, 6.07) is 8.89. The topological polar surface area (TPSA) is 73.9 Å². The van der Waals surface area contributed by atoms with Crippen molar-refractivity contribution in [3.8, 4) is 0 Å². The first-order valence-electron chi connectivity index (χ1n) is 14.3. The molecule has 2 aliphatic rings. The maximum Gasteiger partial charge on any atom is 0.238 e. The molecule has 2 saturated heterocycles. The Bertz CT molecular complexity index is 1230. The zero-order valence-corrected chi connectivity index (χ0v) is 25.8. The molecular formula is C31H41Cl2FN4O3. The summed E-state index contributed by atoms with van der Waals surface area (Å²) in [7, 11) is 3.62. The summed E-state index contributed by atoms with van der Waals surface area (Å²) < 4.78 is 21.3. The third kappa shape index (κ3) is 6.42. The number of hydrogen-bond acceptors (Lipinski definition) is 6. The summed E-state index contributed by atoms with van der Waals surface area (Å²) in [6.45, 7) is 8.67. The minimum atomic E-state index is -1.27. The molecule has 4 atom stereocenters. The van der Waals surface area contributed by atoms with E-state index >= 15 is 4.39 Å². The molecule has 2 aliphatic heterocycles. The van der Waals surface area contributed by atoms with Crippen molar-refractivity contribution >= 4 is 41.1 Å². The molecule has 224 valence electrons. The zero-order chi connectivity index (χ0) is 29.7. The Kier molecular flexibility index (Phi) is 10.7. The lowest BCUT2D eigenvalue weighted by molar-refractivity contribution is -0.126. The average molecular weight is 608 g/mol. The molecule has 1 amide bonds. The normalized spacial score (nSPS) is 25.4. The number of hydrogen-bond donors (Lipinski definition) is 2. The van der Waals surface area contributed by atoms with Crippen LogP contribution in [0.1, 0.15) is 43.7 Å². The minimum Gasteiger partial charge on any atom is -0.388 e. The number of anilines is 1. The zero-order valence-electron chi connectivity index (χ0n) is 24.3. The van der Waals surface area contributed by atoms with Gasteiger partial charge in [-0.25, -0.2) is 4.39 Å². The number of nitrogens with one attached hydrogen (secondary N) is 2. The number of aldehydes is 1. The van der Waals surface area contributed by atoms with Crippen LogP contribution in [-0.2, 0) is 19.7 Å². The highest BCUT2D eigenvalue weighted by molar-refractivity contribution is 6.31. The molecule has 0 bridgehead atoms. The molecular weight excluding hydrogens is 566 g/mol. The lowest BCUT2D eigenvalue weighted by Crippen LogP contribution is -2.47. The molecule has 2 N–H and O–H groups in total. The molecule has 41 heavy (non-hydrogen) atoms. The lowest BCUT2D eigenvalue weighted by Gasteiger charge is -2.39. The van der Waals surface area contributed by atoms with Crippen LogP contribution in [0.15, 0.2) is 36.4 Å². The van der Waals surface area contributed by atoms with Crippen molar-refractivity contribution in [2.75, 3.05) is 58.8 Å². The summed E-state index contributed by atoms with van der Waals surface area (Å²) >= 11 is 12.6. The highest BCUT2D eigenvalue weighted by Gasteiger charge is 2.62. The van der Waals surface area contributed by atoms with Crippen molar-refractivity contribution in [2.24, 2.45) is 5.92 Å². The van der Waals surface area contributed by atoms with Crippen LogP contribution in [0.25, 0.3) is 0 Å². The van der Waals surface area contributed by atoms with Crippen molar-refractivity contribution in [2.45, 2.75) is 50.1 Å². The number of likely N-dealkylation sites (tertiary alicyclic amines) is 1. The van der Waals surface area contributed by atoms with Gasteiger partial charge in [-0.3, -0.25) is 14.6 Å². The Morgan fingerprint density at radius 3 is 2.61 bits per heavy atom. The Labute approximate surface area is 252 Å². The number of morpholine rings is 1. The number of benzene rings is 2. The standard InChI is InChI=1S/C31H41Cl2FN4O3/c1-20(2)17-26-31(19-39,23-10-9-21(32)18-25(23)35-3)27(22-7-5-8-24(33)28(22)34)29(37(26)4)30(40)36-11-6-12-38-13-15-41-16-14-38/h5,7-10,18-20,26-27,29,35H,6,11-17H2,1-4H3,(H,36,40)/t26-,27+,29+,31-/m1/s1. The Morgan fingerprint density at radius 1 is 1.22 bits per heavy atom. The summed E-state index contributed by atoms with van der Waals surface area (Å²) in [4.78, 5) is 32.0. The molecule has 0 aromatic heterocycles. The van der Waals surface area contributed by atoms with Gasteiger partial charge in [0.05, 0.1) is 29.7 Å². The molecule has 0 unspecified atom stereocenters. The number of carbonyl (C=O) groups excluding carboxylic acids is 2. The van der Waals surface area contributed by atoms with Gasteiger partial charge in [0.1, 0.15) is 12.1 Å². The molecule has 7 nitrogen and oxygen atoms in total. The van der Waals surface area contributed by atoms with Crippen molar-refractivity contribution < 1.29 is 18.7 Å². The molecule has 0 spiro atoms. The van der Waals surface area contributed by atoms with E-state index in [9.17, 15) is 9.59 Å². The maximum atomic E-state index is 15.9. The van der Waals surface area contributed by atoms with Crippen molar-refractivity contribution in [1.29, 1.82) is 0 Å². The van der Waals surface area contributed by atoms with E-state index in [4.69, 9.17) is 27.9 Å². The monoisotopic (exact) mass is 606 g/mol.